The maximum Gasteiger partial charge on any atom is 0.292 e. The molecule has 1 fully saturated rings. The number of pyridine rings is 1. The number of hydrogen-bond donors (Lipinski definition) is 2. The SMILES string of the molecule is O=C(Cc1cccnc1)N1CCC(O)(CNc2ccccc2[N+](=O)[O-])CC1. The Morgan fingerprint density at radius 2 is 2.00 bits per heavy atom. The van der Waals surface area contributed by atoms with Gasteiger partial charge >= 0.3 is 0 Å². The van der Waals surface area contributed by atoms with Crippen LogP contribution in [0.5, 0.6) is 0 Å². The number of nitro benzene ring substituents is 1. The fourth-order valence-corrected chi connectivity index (χ4v) is 3.18. The lowest BCUT2D eigenvalue weighted by Gasteiger charge is -2.38. The van der Waals surface area contributed by atoms with E-state index in [1.165, 1.54) is 6.07 Å². The summed E-state index contributed by atoms with van der Waals surface area (Å²) in [5, 5.41) is 24.8. The largest absolute Gasteiger partial charge is 0.388 e. The molecule has 1 saturated heterocycles. The number of carbonyl (C=O) groups is 1. The van der Waals surface area contributed by atoms with Crippen molar-refractivity contribution in [2.24, 2.45) is 0 Å². The molecule has 0 atom stereocenters. The summed E-state index contributed by atoms with van der Waals surface area (Å²) in [7, 11) is 0. The van der Waals surface area contributed by atoms with E-state index in [4.69, 9.17) is 0 Å². The molecule has 142 valence electrons. The average molecular weight is 370 g/mol. The molecule has 8 heteroatoms. The summed E-state index contributed by atoms with van der Waals surface area (Å²) in [5.41, 5.74) is 0.215. The van der Waals surface area contributed by atoms with Crippen molar-refractivity contribution >= 4 is 17.3 Å². The standard InChI is InChI=1S/C19H22N4O4/c24-18(12-15-4-3-9-20-13-15)22-10-7-19(25,8-11-22)14-21-16-5-1-2-6-17(16)23(26)27/h1-6,9,13,21,25H,7-8,10-12,14H2. The van der Waals surface area contributed by atoms with Gasteiger partial charge in [-0.05, 0) is 30.5 Å². The maximum atomic E-state index is 12.4. The Hall–Kier alpha value is -3.00. The van der Waals surface area contributed by atoms with Crippen LogP contribution >= 0.6 is 0 Å². The molecule has 3 rings (SSSR count). The molecule has 0 spiro atoms. The third-order valence-corrected chi connectivity index (χ3v) is 4.83. The fraction of sp³-hybridized carbons (Fsp3) is 0.368. The summed E-state index contributed by atoms with van der Waals surface area (Å²) in [6, 6.07) is 10.0. The number of aliphatic hydroxyl groups is 1. The quantitative estimate of drug-likeness (QED) is 0.595. The van der Waals surface area contributed by atoms with Crippen LogP contribution in [0.1, 0.15) is 18.4 Å². The van der Waals surface area contributed by atoms with Crippen LogP contribution in [-0.4, -0.2) is 51.1 Å². The summed E-state index contributed by atoms with van der Waals surface area (Å²) in [6.07, 6.45) is 4.47. The van der Waals surface area contributed by atoms with Gasteiger partial charge in [-0.25, -0.2) is 0 Å². The van der Waals surface area contributed by atoms with Gasteiger partial charge in [0.1, 0.15) is 5.69 Å². The number of rotatable bonds is 6. The molecule has 8 nitrogen and oxygen atoms in total. The Labute approximate surface area is 157 Å². The van der Waals surface area contributed by atoms with Crippen molar-refractivity contribution in [3.8, 4) is 0 Å². The van der Waals surface area contributed by atoms with Gasteiger partial charge in [-0.15, -0.1) is 0 Å². The molecule has 0 aliphatic carbocycles. The topological polar surface area (TPSA) is 109 Å². The van der Waals surface area contributed by atoms with E-state index < -0.39 is 10.5 Å². The summed E-state index contributed by atoms with van der Waals surface area (Å²) >= 11 is 0. The first-order valence-electron chi connectivity index (χ1n) is 8.83. The number of nitro groups is 1. The van der Waals surface area contributed by atoms with Crippen LogP contribution in [0.4, 0.5) is 11.4 Å². The Morgan fingerprint density at radius 1 is 1.26 bits per heavy atom. The van der Waals surface area contributed by atoms with Gasteiger partial charge in [0.2, 0.25) is 5.91 Å². The number of para-hydroxylation sites is 2. The van der Waals surface area contributed by atoms with E-state index in [0.29, 0.717) is 38.0 Å². The normalized spacial score (nSPS) is 16.0. The number of likely N-dealkylation sites (tertiary alicyclic amines) is 1. The van der Waals surface area contributed by atoms with E-state index in [9.17, 15) is 20.0 Å². The van der Waals surface area contributed by atoms with Gasteiger partial charge < -0.3 is 15.3 Å². The van der Waals surface area contributed by atoms with Gasteiger partial charge in [-0.3, -0.25) is 19.9 Å². The minimum atomic E-state index is -1.01. The van der Waals surface area contributed by atoms with E-state index >= 15 is 0 Å². The van der Waals surface area contributed by atoms with Crippen molar-refractivity contribution in [2.45, 2.75) is 24.9 Å². The lowest BCUT2D eigenvalue weighted by Crippen LogP contribution is -2.50. The van der Waals surface area contributed by atoms with Crippen LogP contribution in [0.2, 0.25) is 0 Å². The summed E-state index contributed by atoms with van der Waals surface area (Å²) < 4.78 is 0. The van der Waals surface area contributed by atoms with Crippen molar-refractivity contribution in [3.05, 3.63) is 64.5 Å². The summed E-state index contributed by atoms with van der Waals surface area (Å²) in [4.78, 5) is 28.8. The number of carbonyl (C=O) groups excluding carboxylic acids is 1. The van der Waals surface area contributed by atoms with Crippen LogP contribution in [0.25, 0.3) is 0 Å². The maximum absolute atomic E-state index is 12.4. The summed E-state index contributed by atoms with van der Waals surface area (Å²) in [5.74, 6) is 0.0108. The predicted octanol–water partition coefficient (Wildman–Crippen LogP) is 2.00. The molecule has 27 heavy (non-hydrogen) atoms. The highest BCUT2D eigenvalue weighted by Crippen LogP contribution is 2.27. The molecule has 2 heterocycles. The van der Waals surface area contributed by atoms with Crippen molar-refractivity contribution < 1.29 is 14.8 Å². The molecule has 1 aromatic heterocycles. The number of hydrogen-bond acceptors (Lipinski definition) is 6. The number of nitrogens with zero attached hydrogens (tertiary/aromatic N) is 3. The number of amides is 1. The molecule has 0 radical (unpaired) electrons. The molecule has 0 bridgehead atoms. The molecule has 0 unspecified atom stereocenters. The Morgan fingerprint density at radius 3 is 2.67 bits per heavy atom. The van der Waals surface area contributed by atoms with Crippen LogP contribution in [0.15, 0.2) is 48.8 Å². The number of piperidine rings is 1. The average Bonchev–Trinajstić information content (AvgIpc) is 2.68. The third-order valence-electron chi connectivity index (χ3n) is 4.83. The highest BCUT2D eigenvalue weighted by molar-refractivity contribution is 5.78. The highest BCUT2D eigenvalue weighted by Gasteiger charge is 2.34. The molecular weight excluding hydrogens is 348 g/mol. The van der Waals surface area contributed by atoms with Gasteiger partial charge in [0.05, 0.1) is 16.9 Å². The van der Waals surface area contributed by atoms with E-state index in [0.717, 1.165) is 5.56 Å². The second-order valence-corrected chi connectivity index (χ2v) is 6.77. The van der Waals surface area contributed by atoms with E-state index in [1.807, 2.05) is 6.07 Å². The van der Waals surface area contributed by atoms with Crippen molar-refractivity contribution in [1.82, 2.24) is 9.88 Å². The van der Waals surface area contributed by atoms with Gasteiger partial charge in [0.15, 0.2) is 0 Å². The second kappa shape index (κ2) is 8.13. The fourth-order valence-electron chi connectivity index (χ4n) is 3.18. The predicted molar refractivity (Wildman–Crippen MR) is 100 cm³/mol. The molecule has 2 N–H and O–H groups in total. The first-order valence-corrected chi connectivity index (χ1v) is 8.83. The number of benzene rings is 1. The molecule has 1 aliphatic rings. The van der Waals surface area contributed by atoms with Crippen molar-refractivity contribution in [2.75, 3.05) is 25.0 Å². The second-order valence-electron chi connectivity index (χ2n) is 6.77. The lowest BCUT2D eigenvalue weighted by atomic mass is 9.91. The van der Waals surface area contributed by atoms with Gasteiger partial charge in [-0.2, -0.15) is 0 Å². The number of aromatic nitrogens is 1. The highest BCUT2D eigenvalue weighted by atomic mass is 16.6. The first kappa shape index (κ1) is 18.8. The molecule has 0 saturated carbocycles. The number of nitrogens with one attached hydrogen (secondary N) is 1. The Kier molecular flexibility index (Phi) is 5.66. The molecule has 1 aliphatic heterocycles. The minimum absolute atomic E-state index is 0.0108. The van der Waals surface area contributed by atoms with Gasteiger partial charge in [0.25, 0.3) is 5.69 Å². The van der Waals surface area contributed by atoms with Crippen LogP contribution in [0, 0.1) is 10.1 Å². The van der Waals surface area contributed by atoms with Crippen molar-refractivity contribution in [3.63, 3.8) is 0 Å². The Bertz CT molecular complexity index is 804. The molecular formula is C19H22N4O4. The minimum Gasteiger partial charge on any atom is -0.388 e. The molecule has 1 aromatic carbocycles. The molecule has 2 aromatic rings. The third kappa shape index (κ3) is 4.79. The van der Waals surface area contributed by atoms with Gasteiger partial charge in [0, 0.05) is 38.1 Å². The zero-order chi connectivity index (χ0) is 19.3. The Balaban J connectivity index is 1.53. The zero-order valence-corrected chi connectivity index (χ0v) is 14.9. The zero-order valence-electron chi connectivity index (χ0n) is 14.9. The van der Waals surface area contributed by atoms with E-state index in [-0.39, 0.29) is 18.1 Å². The van der Waals surface area contributed by atoms with E-state index in [1.54, 1.807) is 41.6 Å². The van der Waals surface area contributed by atoms with Crippen LogP contribution < -0.4 is 5.32 Å². The van der Waals surface area contributed by atoms with Gasteiger partial charge in [-0.1, -0.05) is 18.2 Å². The van der Waals surface area contributed by atoms with Crippen LogP contribution in [-0.2, 0) is 11.2 Å². The smallest absolute Gasteiger partial charge is 0.292 e. The lowest BCUT2D eigenvalue weighted by molar-refractivity contribution is -0.384. The first-order chi connectivity index (χ1) is 13.0. The van der Waals surface area contributed by atoms with Crippen LogP contribution in [0.3, 0.4) is 0 Å². The van der Waals surface area contributed by atoms with Crippen molar-refractivity contribution in [1.29, 1.82) is 0 Å². The summed E-state index contributed by atoms with van der Waals surface area (Å²) in [6.45, 7) is 1.10. The molecule has 1 amide bonds. The monoisotopic (exact) mass is 370 g/mol. The number of anilines is 1. The van der Waals surface area contributed by atoms with E-state index in [2.05, 4.69) is 10.3 Å².